The molecule has 1 aliphatic rings. The van der Waals surface area contributed by atoms with Crippen LogP contribution >= 0.6 is 0 Å². The number of hydrogen-bond acceptors (Lipinski definition) is 4. The van der Waals surface area contributed by atoms with E-state index in [9.17, 15) is 5.11 Å². The lowest BCUT2D eigenvalue weighted by atomic mass is 9.72. The van der Waals surface area contributed by atoms with Crippen LogP contribution in [0.3, 0.4) is 0 Å². The molecule has 0 aliphatic heterocycles. The maximum atomic E-state index is 10.6. The first-order valence-electron chi connectivity index (χ1n) is 7.41. The zero-order valence-corrected chi connectivity index (χ0v) is 13.6. The molecule has 0 aromatic heterocycles. The van der Waals surface area contributed by atoms with Crippen molar-refractivity contribution in [1.82, 2.24) is 14.7 Å². The third kappa shape index (κ3) is 5.78. The van der Waals surface area contributed by atoms with Crippen molar-refractivity contribution in [2.45, 2.75) is 18.9 Å². The molecule has 0 aromatic rings. The topological polar surface area (TPSA) is 30.0 Å². The molecule has 0 spiro atoms. The molecule has 0 aromatic carbocycles. The average molecular weight is 271 g/mol. The molecule has 19 heavy (non-hydrogen) atoms. The third-order valence-electron chi connectivity index (χ3n) is 4.06. The zero-order chi connectivity index (χ0) is 14.6. The van der Waals surface area contributed by atoms with Crippen molar-refractivity contribution in [3.8, 4) is 0 Å². The van der Waals surface area contributed by atoms with Crippen LogP contribution in [0, 0.1) is 17.8 Å². The van der Waals surface area contributed by atoms with Gasteiger partial charge in [0, 0.05) is 19.6 Å². The van der Waals surface area contributed by atoms with Crippen LogP contribution in [0.4, 0.5) is 0 Å². The van der Waals surface area contributed by atoms with E-state index < -0.39 is 0 Å². The summed E-state index contributed by atoms with van der Waals surface area (Å²) in [5, 5.41) is 10.6. The smallest absolute Gasteiger partial charge is 0.0621 e. The number of hydrogen-bond donors (Lipinski definition) is 1. The lowest BCUT2D eigenvalue weighted by Gasteiger charge is -2.42. The fourth-order valence-corrected chi connectivity index (χ4v) is 3.58. The first-order valence-corrected chi connectivity index (χ1v) is 7.41. The van der Waals surface area contributed by atoms with Crippen molar-refractivity contribution < 1.29 is 5.11 Å². The molecule has 1 rings (SSSR count). The Morgan fingerprint density at radius 1 is 0.737 bits per heavy atom. The Hall–Kier alpha value is -0.160. The maximum Gasteiger partial charge on any atom is 0.0621 e. The SMILES string of the molecule is CN(C)CC1CC(CN(C)C)C(O)C(CN(C)C)C1. The number of rotatable bonds is 6. The molecule has 0 bridgehead atoms. The normalized spacial score (nSPS) is 32.5. The third-order valence-corrected chi connectivity index (χ3v) is 4.06. The van der Waals surface area contributed by atoms with Crippen molar-refractivity contribution >= 4 is 0 Å². The first-order chi connectivity index (χ1) is 8.79. The Kier molecular flexibility index (Phi) is 6.74. The van der Waals surface area contributed by atoms with Crippen molar-refractivity contribution in [3.05, 3.63) is 0 Å². The minimum atomic E-state index is -0.150. The van der Waals surface area contributed by atoms with Crippen LogP contribution < -0.4 is 0 Å². The number of aliphatic hydroxyl groups is 1. The fraction of sp³-hybridized carbons (Fsp3) is 1.00. The van der Waals surface area contributed by atoms with Crippen LogP contribution in [-0.2, 0) is 0 Å². The molecule has 1 N–H and O–H groups in total. The standard InChI is InChI=1S/C15H33N3O/c1-16(2)9-12-7-13(10-17(3)4)15(19)14(8-12)11-18(5)6/h12-15,19H,7-11H2,1-6H3. The summed E-state index contributed by atoms with van der Waals surface area (Å²) in [6.45, 7) is 3.13. The quantitative estimate of drug-likeness (QED) is 0.769. The highest BCUT2D eigenvalue weighted by atomic mass is 16.3. The van der Waals surface area contributed by atoms with E-state index in [4.69, 9.17) is 0 Å². The largest absolute Gasteiger partial charge is 0.392 e. The summed E-state index contributed by atoms with van der Waals surface area (Å²) in [6.07, 6.45) is 2.16. The van der Waals surface area contributed by atoms with Gasteiger partial charge in [-0.3, -0.25) is 0 Å². The summed E-state index contributed by atoms with van der Waals surface area (Å²) in [7, 11) is 12.7. The van der Waals surface area contributed by atoms with Gasteiger partial charge in [0.1, 0.15) is 0 Å². The second-order valence-electron chi connectivity index (χ2n) is 7.13. The summed E-state index contributed by atoms with van der Waals surface area (Å²) in [6, 6.07) is 0. The van der Waals surface area contributed by atoms with Crippen molar-refractivity contribution in [3.63, 3.8) is 0 Å². The van der Waals surface area contributed by atoms with Crippen LogP contribution in [0.2, 0.25) is 0 Å². The van der Waals surface area contributed by atoms with Crippen molar-refractivity contribution in [1.29, 1.82) is 0 Å². The molecule has 1 saturated carbocycles. The molecule has 2 atom stereocenters. The Morgan fingerprint density at radius 2 is 1.11 bits per heavy atom. The van der Waals surface area contributed by atoms with Crippen molar-refractivity contribution in [2.24, 2.45) is 17.8 Å². The highest BCUT2D eigenvalue weighted by Crippen LogP contribution is 2.34. The van der Waals surface area contributed by atoms with Gasteiger partial charge in [-0.15, -0.1) is 0 Å². The molecule has 1 aliphatic carbocycles. The molecule has 2 unspecified atom stereocenters. The summed E-state index contributed by atoms with van der Waals surface area (Å²) in [5.41, 5.74) is 0. The minimum absolute atomic E-state index is 0.150. The number of aliphatic hydroxyl groups excluding tert-OH is 1. The Morgan fingerprint density at radius 3 is 1.42 bits per heavy atom. The fourth-order valence-electron chi connectivity index (χ4n) is 3.58. The van der Waals surface area contributed by atoms with Gasteiger partial charge < -0.3 is 19.8 Å². The average Bonchev–Trinajstić information content (AvgIpc) is 2.22. The van der Waals surface area contributed by atoms with Crippen molar-refractivity contribution in [2.75, 3.05) is 61.9 Å². The summed E-state index contributed by atoms with van der Waals surface area (Å²) in [5.74, 6) is 1.55. The molecule has 0 amide bonds. The van der Waals surface area contributed by atoms with Gasteiger partial charge in [0.15, 0.2) is 0 Å². The Labute approximate surface area is 119 Å². The van der Waals surface area contributed by atoms with E-state index >= 15 is 0 Å². The van der Waals surface area contributed by atoms with Crippen LogP contribution in [0.15, 0.2) is 0 Å². The van der Waals surface area contributed by atoms with Crippen LogP contribution in [-0.4, -0.2) is 87.8 Å². The summed E-state index contributed by atoms with van der Waals surface area (Å²) < 4.78 is 0. The molecule has 0 saturated heterocycles. The van der Waals surface area contributed by atoms with Gasteiger partial charge in [0.05, 0.1) is 6.10 Å². The predicted octanol–water partition coefficient (Wildman–Crippen LogP) is 0.675. The van der Waals surface area contributed by atoms with E-state index in [1.54, 1.807) is 0 Å². The van der Waals surface area contributed by atoms with Crippen LogP contribution in [0.25, 0.3) is 0 Å². The second-order valence-corrected chi connectivity index (χ2v) is 7.13. The van der Waals surface area contributed by atoms with E-state index in [1.807, 2.05) is 0 Å². The van der Waals surface area contributed by atoms with Gasteiger partial charge in [-0.25, -0.2) is 0 Å². The van der Waals surface area contributed by atoms with E-state index in [0.29, 0.717) is 17.8 Å². The van der Waals surface area contributed by atoms with E-state index in [0.717, 1.165) is 32.5 Å². The molecule has 4 nitrogen and oxygen atoms in total. The van der Waals surface area contributed by atoms with E-state index in [-0.39, 0.29) is 6.10 Å². The Balaban J connectivity index is 2.69. The lowest BCUT2D eigenvalue weighted by Crippen LogP contribution is -2.46. The highest BCUT2D eigenvalue weighted by Gasteiger charge is 2.36. The molecule has 1 fully saturated rings. The van der Waals surface area contributed by atoms with E-state index in [1.165, 1.54) is 0 Å². The van der Waals surface area contributed by atoms with Gasteiger partial charge in [-0.1, -0.05) is 0 Å². The zero-order valence-electron chi connectivity index (χ0n) is 13.6. The van der Waals surface area contributed by atoms with Crippen LogP contribution in [0.5, 0.6) is 0 Å². The van der Waals surface area contributed by atoms with Gasteiger partial charge in [-0.2, -0.15) is 0 Å². The summed E-state index contributed by atoms with van der Waals surface area (Å²) in [4.78, 5) is 6.69. The highest BCUT2D eigenvalue weighted by molar-refractivity contribution is 4.88. The van der Waals surface area contributed by atoms with Crippen LogP contribution in [0.1, 0.15) is 12.8 Å². The van der Waals surface area contributed by atoms with Gasteiger partial charge in [0.2, 0.25) is 0 Å². The predicted molar refractivity (Wildman–Crippen MR) is 81.4 cm³/mol. The number of nitrogens with zero attached hydrogens (tertiary/aromatic N) is 3. The molecule has 4 heteroatoms. The minimum Gasteiger partial charge on any atom is -0.392 e. The molecular weight excluding hydrogens is 238 g/mol. The lowest BCUT2D eigenvalue weighted by molar-refractivity contribution is -0.0249. The second kappa shape index (κ2) is 7.58. The summed E-state index contributed by atoms with van der Waals surface area (Å²) >= 11 is 0. The molecular formula is C15H33N3O. The molecule has 0 heterocycles. The van der Waals surface area contributed by atoms with Gasteiger partial charge in [0.25, 0.3) is 0 Å². The first kappa shape index (κ1) is 16.9. The van der Waals surface area contributed by atoms with Gasteiger partial charge >= 0.3 is 0 Å². The van der Waals surface area contributed by atoms with E-state index in [2.05, 4.69) is 57.0 Å². The monoisotopic (exact) mass is 271 g/mol. The maximum absolute atomic E-state index is 10.6. The molecule has 0 radical (unpaired) electrons. The molecule has 114 valence electrons. The Bertz CT molecular complexity index is 236. The van der Waals surface area contributed by atoms with Gasteiger partial charge in [-0.05, 0) is 72.9 Å².